The van der Waals surface area contributed by atoms with Crippen molar-refractivity contribution in [1.82, 2.24) is 4.90 Å². The van der Waals surface area contributed by atoms with Crippen molar-refractivity contribution in [1.29, 1.82) is 0 Å². The molecular weight excluding hydrogens is 375 g/mol. The minimum absolute atomic E-state index is 0.0408. The number of carbonyl (C=O) groups excluding carboxylic acids is 1. The third-order valence-electron chi connectivity index (χ3n) is 5.03. The Morgan fingerprint density at radius 1 is 1.30 bits per heavy atom. The molecule has 0 bridgehead atoms. The van der Waals surface area contributed by atoms with Crippen LogP contribution < -0.4 is 9.88 Å². The number of carbonyl (C=O) groups is 1. The van der Waals surface area contributed by atoms with Crippen LogP contribution in [-0.2, 0) is 17.5 Å². The van der Waals surface area contributed by atoms with E-state index in [2.05, 4.69) is 11.1 Å². The number of anilines is 1. The molecule has 27 heavy (non-hydrogen) atoms. The molecule has 146 valence electrons. The number of nitrogens with zero attached hydrogens (tertiary/aromatic N) is 2. The van der Waals surface area contributed by atoms with Crippen molar-refractivity contribution in [2.75, 3.05) is 25.0 Å². The van der Waals surface area contributed by atoms with Gasteiger partial charge in [0.2, 0.25) is 5.91 Å². The van der Waals surface area contributed by atoms with Gasteiger partial charge in [-0.1, -0.05) is 0 Å². The molecule has 0 aromatic carbocycles. The molecule has 0 aliphatic carbocycles. The SMILES string of the molecule is Cc1ccsc1CN(C)C(=O)C1CCN(c2ccc(C(F)(F)F)c[nH+]2)CC1. The summed E-state index contributed by atoms with van der Waals surface area (Å²) in [5.74, 6) is 0.747. The topological polar surface area (TPSA) is 37.7 Å². The van der Waals surface area contributed by atoms with Crippen LogP contribution in [0.1, 0.15) is 28.8 Å². The lowest BCUT2D eigenvalue weighted by atomic mass is 9.95. The van der Waals surface area contributed by atoms with Gasteiger partial charge in [-0.3, -0.25) is 9.69 Å². The van der Waals surface area contributed by atoms with E-state index in [0.29, 0.717) is 38.3 Å². The highest BCUT2D eigenvalue weighted by Crippen LogP contribution is 2.29. The van der Waals surface area contributed by atoms with Crippen LogP contribution in [0.3, 0.4) is 0 Å². The van der Waals surface area contributed by atoms with Crippen LogP contribution in [0.25, 0.3) is 0 Å². The summed E-state index contributed by atoms with van der Waals surface area (Å²) in [6.07, 6.45) is -1.97. The van der Waals surface area contributed by atoms with Crippen LogP contribution in [0.4, 0.5) is 19.0 Å². The molecule has 8 heteroatoms. The molecule has 1 saturated heterocycles. The lowest BCUT2D eigenvalue weighted by Gasteiger charge is -2.29. The first-order valence-electron chi connectivity index (χ1n) is 8.87. The fourth-order valence-corrected chi connectivity index (χ4v) is 4.29. The van der Waals surface area contributed by atoms with Gasteiger partial charge in [-0.15, -0.1) is 11.3 Å². The molecular formula is C19H23F3N3OS+. The Bertz CT molecular complexity index is 780. The number of H-pyrrole nitrogens is 1. The molecule has 0 spiro atoms. The summed E-state index contributed by atoms with van der Waals surface area (Å²) in [4.78, 5) is 20.4. The van der Waals surface area contributed by atoms with Gasteiger partial charge < -0.3 is 4.90 Å². The minimum Gasteiger partial charge on any atom is -0.340 e. The van der Waals surface area contributed by atoms with Gasteiger partial charge in [0, 0.05) is 23.9 Å². The number of aromatic nitrogens is 1. The molecule has 1 N–H and O–H groups in total. The number of hydrogen-bond donors (Lipinski definition) is 0. The Hall–Kier alpha value is -2.09. The fourth-order valence-electron chi connectivity index (χ4n) is 3.33. The van der Waals surface area contributed by atoms with Crippen LogP contribution >= 0.6 is 11.3 Å². The molecule has 0 unspecified atom stereocenters. The molecule has 1 aliphatic heterocycles. The number of alkyl halides is 3. The van der Waals surface area contributed by atoms with Crippen LogP contribution in [-0.4, -0.2) is 30.9 Å². The maximum Gasteiger partial charge on any atom is 0.419 e. The van der Waals surface area contributed by atoms with Crippen molar-refractivity contribution in [2.24, 2.45) is 5.92 Å². The zero-order chi connectivity index (χ0) is 19.6. The summed E-state index contributed by atoms with van der Waals surface area (Å²) in [6, 6.07) is 4.59. The molecule has 0 radical (unpaired) electrons. The van der Waals surface area contributed by atoms with E-state index in [9.17, 15) is 18.0 Å². The largest absolute Gasteiger partial charge is 0.419 e. The molecule has 0 saturated carbocycles. The van der Waals surface area contributed by atoms with Gasteiger partial charge >= 0.3 is 6.18 Å². The quantitative estimate of drug-likeness (QED) is 0.786. The maximum absolute atomic E-state index is 12.7. The minimum atomic E-state index is -4.35. The highest BCUT2D eigenvalue weighted by atomic mass is 32.1. The van der Waals surface area contributed by atoms with E-state index >= 15 is 0 Å². The standard InChI is InChI=1S/C19H22F3N3OS/c1-13-7-10-27-16(13)12-24(2)18(26)14-5-8-25(9-6-14)17-4-3-15(11-23-17)19(20,21)22/h3-4,7,10-11,14H,5-6,8-9,12H2,1-2H3/p+1. The Balaban J connectivity index is 1.55. The fraction of sp³-hybridized carbons (Fsp3) is 0.474. The number of aromatic amines is 1. The zero-order valence-electron chi connectivity index (χ0n) is 15.3. The molecule has 1 fully saturated rings. The first-order chi connectivity index (χ1) is 12.8. The van der Waals surface area contributed by atoms with Gasteiger partial charge in [0.15, 0.2) is 0 Å². The predicted molar refractivity (Wildman–Crippen MR) is 98.5 cm³/mol. The van der Waals surface area contributed by atoms with Gasteiger partial charge in [0.1, 0.15) is 6.20 Å². The molecule has 4 nitrogen and oxygen atoms in total. The number of hydrogen-bond acceptors (Lipinski definition) is 3. The number of nitrogens with one attached hydrogen (secondary N) is 1. The molecule has 3 heterocycles. The van der Waals surface area contributed by atoms with Crippen LogP contribution in [0.2, 0.25) is 0 Å². The molecule has 2 aromatic rings. The van der Waals surface area contributed by atoms with E-state index in [1.807, 2.05) is 24.3 Å². The second-order valence-corrected chi connectivity index (χ2v) is 7.94. The van der Waals surface area contributed by atoms with E-state index < -0.39 is 11.7 Å². The van der Waals surface area contributed by atoms with Gasteiger partial charge in [-0.2, -0.15) is 13.2 Å². The van der Waals surface area contributed by atoms with Crippen molar-refractivity contribution < 1.29 is 22.9 Å². The Morgan fingerprint density at radius 3 is 2.52 bits per heavy atom. The number of thiophene rings is 1. The van der Waals surface area contributed by atoms with Crippen molar-refractivity contribution in [3.05, 3.63) is 45.8 Å². The number of aryl methyl sites for hydroxylation is 1. The summed E-state index contributed by atoms with van der Waals surface area (Å²) in [5.41, 5.74) is 0.508. The van der Waals surface area contributed by atoms with Gasteiger partial charge in [-0.05, 0) is 42.8 Å². The second-order valence-electron chi connectivity index (χ2n) is 6.94. The molecule has 3 rings (SSSR count). The lowest BCUT2D eigenvalue weighted by molar-refractivity contribution is -0.367. The van der Waals surface area contributed by atoms with Gasteiger partial charge in [0.05, 0.1) is 25.2 Å². The van der Waals surface area contributed by atoms with Crippen LogP contribution in [0.5, 0.6) is 0 Å². The third kappa shape index (κ3) is 4.61. The van der Waals surface area contributed by atoms with E-state index in [1.54, 1.807) is 16.2 Å². The number of rotatable bonds is 4. The second kappa shape index (κ2) is 7.88. The van der Waals surface area contributed by atoms with Crippen LogP contribution in [0.15, 0.2) is 29.8 Å². The normalized spacial score (nSPS) is 15.8. The number of halogens is 3. The molecule has 0 atom stereocenters. The summed E-state index contributed by atoms with van der Waals surface area (Å²) >= 11 is 1.66. The van der Waals surface area contributed by atoms with Crippen molar-refractivity contribution in [3.63, 3.8) is 0 Å². The van der Waals surface area contributed by atoms with E-state index in [4.69, 9.17) is 0 Å². The monoisotopic (exact) mass is 398 g/mol. The highest BCUT2D eigenvalue weighted by molar-refractivity contribution is 7.10. The van der Waals surface area contributed by atoms with Crippen LogP contribution in [0, 0.1) is 12.8 Å². The predicted octanol–water partition coefficient (Wildman–Crippen LogP) is 3.76. The number of piperidine rings is 1. The molecule has 1 aliphatic rings. The summed E-state index contributed by atoms with van der Waals surface area (Å²) in [6.45, 7) is 3.95. The number of pyridine rings is 1. The first kappa shape index (κ1) is 19.7. The van der Waals surface area contributed by atoms with Gasteiger partial charge in [0.25, 0.3) is 5.82 Å². The van der Waals surface area contributed by atoms with E-state index in [1.165, 1.54) is 16.5 Å². The Labute approximate surface area is 160 Å². The summed E-state index contributed by atoms with van der Waals surface area (Å²) < 4.78 is 38.0. The van der Waals surface area contributed by atoms with E-state index in [0.717, 1.165) is 12.3 Å². The van der Waals surface area contributed by atoms with E-state index in [-0.39, 0.29) is 11.8 Å². The Kier molecular flexibility index (Phi) is 5.74. The first-order valence-corrected chi connectivity index (χ1v) is 9.75. The molecule has 1 amide bonds. The zero-order valence-corrected chi connectivity index (χ0v) is 16.2. The maximum atomic E-state index is 12.7. The Morgan fingerprint density at radius 2 is 2.00 bits per heavy atom. The summed E-state index contributed by atoms with van der Waals surface area (Å²) in [7, 11) is 1.83. The average Bonchev–Trinajstić information content (AvgIpc) is 3.05. The molecule has 2 aromatic heterocycles. The summed E-state index contributed by atoms with van der Waals surface area (Å²) in [5, 5.41) is 2.03. The third-order valence-corrected chi connectivity index (χ3v) is 6.04. The number of amides is 1. The van der Waals surface area contributed by atoms with Crippen molar-refractivity contribution in [3.8, 4) is 0 Å². The average molecular weight is 398 g/mol. The van der Waals surface area contributed by atoms with Crippen molar-refractivity contribution in [2.45, 2.75) is 32.5 Å². The van der Waals surface area contributed by atoms with Crippen molar-refractivity contribution >= 4 is 23.1 Å². The smallest absolute Gasteiger partial charge is 0.340 e. The van der Waals surface area contributed by atoms with Gasteiger partial charge in [-0.25, -0.2) is 4.98 Å². The highest BCUT2D eigenvalue weighted by Gasteiger charge is 2.34. The lowest BCUT2D eigenvalue weighted by Crippen LogP contribution is -2.42.